The Kier molecular flexibility index (Phi) is 4.44. The Morgan fingerprint density at radius 3 is 2.77 bits per heavy atom. The highest BCUT2D eigenvalue weighted by Gasteiger charge is 2.10. The highest BCUT2D eigenvalue weighted by molar-refractivity contribution is 14.1. The molecule has 0 spiro atoms. The minimum Gasteiger partial charge on any atom is -0.317 e. The molecule has 0 aliphatic carbocycles. The molecule has 3 nitrogen and oxygen atoms in total. The predicted molar refractivity (Wildman–Crippen MR) is 99.3 cm³/mol. The summed E-state index contributed by atoms with van der Waals surface area (Å²) < 4.78 is 4.18. The summed E-state index contributed by atoms with van der Waals surface area (Å²) in [7, 11) is 0. The van der Waals surface area contributed by atoms with Crippen LogP contribution in [0.5, 0.6) is 0 Å². The van der Waals surface area contributed by atoms with Crippen LogP contribution in [0.25, 0.3) is 10.2 Å². The number of fused-ring (bicyclic) bond motifs is 1. The predicted octanol–water partition coefficient (Wildman–Crippen LogP) is 4.38. The first kappa shape index (κ1) is 15.4. The minimum absolute atomic E-state index is 0.185. The fourth-order valence-electron chi connectivity index (χ4n) is 2.35. The second-order valence-corrected chi connectivity index (χ2v) is 7.17. The molecule has 1 amide bonds. The van der Waals surface area contributed by atoms with Crippen molar-refractivity contribution in [2.45, 2.75) is 20.4 Å². The third-order valence-electron chi connectivity index (χ3n) is 3.46. The lowest BCUT2D eigenvalue weighted by molar-refractivity contribution is 0.0997. The summed E-state index contributed by atoms with van der Waals surface area (Å²) in [6.07, 6.45) is 0. The van der Waals surface area contributed by atoms with Crippen LogP contribution < -0.4 is 4.80 Å². The largest absolute Gasteiger partial charge is 0.317 e. The molecular weight excluding hydrogens is 407 g/mol. The Labute approximate surface area is 146 Å². The van der Waals surface area contributed by atoms with E-state index >= 15 is 0 Å². The molecule has 0 radical (unpaired) electrons. The minimum atomic E-state index is -0.185. The van der Waals surface area contributed by atoms with Gasteiger partial charge >= 0.3 is 0 Å². The van der Waals surface area contributed by atoms with Gasteiger partial charge in [0.25, 0.3) is 5.91 Å². The van der Waals surface area contributed by atoms with Gasteiger partial charge in [-0.15, -0.1) is 0 Å². The Morgan fingerprint density at radius 1 is 1.27 bits per heavy atom. The van der Waals surface area contributed by atoms with Crippen molar-refractivity contribution in [2.75, 3.05) is 0 Å². The number of amides is 1. The van der Waals surface area contributed by atoms with Gasteiger partial charge in [-0.2, -0.15) is 4.99 Å². The van der Waals surface area contributed by atoms with Crippen LogP contribution in [0, 0.1) is 10.5 Å². The second-order valence-electron chi connectivity index (χ2n) is 5.00. The van der Waals surface area contributed by atoms with Gasteiger partial charge in [0.1, 0.15) is 0 Å². The van der Waals surface area contributed by atoms with Crippen LogP contribution >= 0.6 is 33.9 Å². The third-order valence-corrected chi connectivity index (χ3v) is 5.44. The standard InChI is InChI=1S/C17H15IN2OS/c1-3-20-14-9-8-11(2)10-15(14)22-17(20)19-16(21)12-6-4-5-7-13(12)18/h4-10H,3H2,1-2H3. The number of carbonyl (C=O) groups excluding carboxylic acids is 1. The number of rotatable bonds is 2. The lowest BCUT2D eigenvalue weighted by Gasteiger charge is -2.01. The average molecular weight is 422 g/mol. The molecule has 0 saturated heterocycles. The summed E-state index contributed by atoms with van der Waals surface area (Å²) in [4.78, 5) is 17.6. The molecule has 5 heteroatoms. The van der Waals surface area contributed by atoms with E-state index in [2.05, 4.69) is 64.2 Å². The van der Waals surface area contributed by atoms with Crippen LogP contribution in [0.2, 0.25) is 0 Å². The number of hydrogen-bond donors (Lipinski definition) is 0. The van der Waals surface area contributed by atoms with Crippen LogP contribution in [0.3, 0.4) is 0 Å². The zero-order valence-electron chi connectivity index (χ0n) is 12.3. The van der Waals surface area contributed by atoms with Gasteiger partial charge in [-0.3, -0.25) is 4.79 Å². The first-order valence-electron chi connectivity index (χ1n) is 7.03. The van der Waals surface area contributed by atoms with E-state index in [1.165, 1.54) is 5.56 Å². The first-order valence-corrected chi connectivity index (χ1v) is 8.93. The van der Waals surface area contributed by atoms with E-state index in [-0.39, 0.29) is 5.91 Å². The number of halogens is 1. The number of aryl methyl sites for hydroxylation is 2. The van der Waals surface area contributed by atoms with E-state index in [1.807, 2.05) is 24.3 Å². The molecule has 22 heavy (non-hydrogen) atoms. The monoisotopic (exact) mass is 422 g/mol. The number of carbonyl (C=O) groups is 1. The van der Waals surface area contributed by atoms with Gasteiger partial charge in [0.2, 0.25) is 0 Å². The maximum absolute atomic E-state index is 12.5. The fourth-order valence-corrected chi connectivity index (χ4v) is 4.16. The van der Waals surface area contributed by atoms with Crippen molar-refractivity contribution >= 4 is 50.1 Å². The Morgan fingerprint density at radius 2 is 2.05 bits per heavy atom. The van der Waals surface area contributed by atoms with Gasteiger partial charge in [0.05, 0.1) is 15.8 Å². The highest BCUT2D eigenvalue weighted by atomic mass is 127. The van der Waals surface area contributed by atoms with Crippen molar-refractivity contribution < 1.29 is 4.79 Å². The molecule has 2 aromatic carbocycles. The van der Waals surface area contributed by atoms with Gasteiger partial charge in [0.15, 0.2) is 4.80 Å². The van der Waals surface area contributed by atoms with E-state index in [4.69, 9.17) is 0 Å². The van der Waals surface area contributed by atoms with Gasteiger partial charge in [-0.05, 0) is 66.3 Å². The Balaban J connectivity index is 2.17. The molecule has 0 N–H and O–H groups in total. The van der Waals surface area contributed by atoms with Crippen LogP contribution in [0.4, 0.5) is 0 Å². The summed E-state index contributed by atoms with van der Waals surface area (Å²) in [5.41, 5.74) is 3.00. The van der Waals surface area contributed by atoms with Crippen LogP contribution in [0.15, 0.2) is 47.5 Å². The van der Waals surface area contributed by atoms with Crippen LogP contribution in [0.1, 0.15) is 22.8 Å². The summed E-state index contributed by atoms with van der Waals surface area (Å²) >= 11 is 3.74. The molecule has 0 bridgehead atoms. The number of hydrogen-bond acceptors (Lipinski definition) is 2. The fraction of sp³-hybridized carbons (Fsp3) is 0.176. The topological polar surface area (TPSA) is 34.4 Å². The van der Waals surface area contributed by atoms with Gasteiger partial charge in [0, 0.05) is 10.1 Å². The normalized spacial score (nSPS) is 12.0. The van der Waals surface area contributed by atoms with Crippen molar-refractivity contribution in [1.82, 2.24) is 4.57 Å². The molecule has 3 rings (SSSR count). The summed E-state index contributed by atoms with van der Waals surface area (Å²) in [5, 5.41) is 0. The van der Waals surface area contributed by atoms with Gasteiger partial charge < -0.3 is 4.57 Å². The number of nitrogens with zero attached hydrogens (tertiary/aromatic N) is 2. The quantitative estimate of drug-likeness (QED) is 0.565. The van der Waals surface area contributed by atoms with Crippen molar-refractivity contribution in [2.24, 2.45) is 4.99 Å². The molecule has 0 unspecified atom stereocenters. The molecular formula is C17H15IN2OS. The zero-order valence-corrected chi connectivity index (χ0v) is 15.3. The summed E-state index contributed by atoms with van der Waals surface area (Å²) in [5.74, 6) is -0.185. The number of aromatic nitrogens is 1. The zero-order chi connectivity index (χ0) is 15.7. The molecule has 112 valence electrons. The Bertz CT molecular complexity index is 924. The molecule has 1 aromatic heterocycles. The SMILES string of the molecule is CCn1c(=NC(=O)c2ccccc2I)sc2cc(C)ccc21. The highest BCUT2D eigenvalue weighted by Crippen LogP contribution is 2.19. The lowest BCUT2D eigenvalue weighted by Crippen LogP contribution is -2.16. The van der Waals surface area contributed by atoms with E-state index in [9.17, 15) is 4.79 Å². The smallest absolute Gasteiger partial charge is 0.280 e. The van der Waals surface area contributed by atoms with E-state index in [0.717, 1.165) is 25.1 Å². The lowest BCUT2D eigenvalue weighted by atomic mass is 10.2. The molecule has 0 aliphatic heterocycles. The third kappa shape index (κ3) is 2.87. The summed E-state index contributed by atoms with van der Waals surface area (Å²) in [6.45, 7) is 4.94. The first-order chi connectivity index (χ1) is 10.6. The molecule has 0 atom stereocenters. The molecule has 0 saturated carbocycles. The van der Waals surface area contributed by atoms with Gasteiger partial charge in [-0.1, -0.05) is 29.5 Å². The van der Waals surface area contributed by atoms with E-state index in [1.54, 1.807) is 11.3 Å². The summed E-state index contributed by atoms with van der Waals surface area (Å²) in [6, 6.07) is 13.9. The van der Waals surface area contributed by atoms with Crippen LogP contribution in [-0.2, 0) is 6.54 Å². The molecule has 1 heterocycles. The van der Waals surface area contributed by atoms with E-state index < -0.39 is 0 Å². The maximum atomic E-state index is 12.5. The number of thiazole rings is 1. The maximum Gasteiger partial charge on any atom is 0.280 e. The van der Waals surface area contributed by atoms with Gasteiger partial charge in [-0.25, -0.2) is 0 Å². The van der Waals surface area contributed by atoms with E-state index in [0.29, 0.717) is 5.56 Å². The van der Waals surface area contributed by atoms with Crippen molar-refractivity contribution in [3.8, 4) is 0 Å². The molecule has 3 aromatic rings. The average Bonchev–Trinajstić information content (AvgIpc) is 2.83. The molecule has 0 aliphatic rings. The van der Waals surface area contributed by atoms with Crippen molar-refractivity contribution in [3.63, 3.8) is 0 Å². The number of benzene rings is 2. The Hall–Kier alpha value is -1.47. The van der Waals surface area contributed by atoms with Crippen LogP contribution in [-0.4, -0.2) is 10.5 Å². The second kappa shape index (κ2) is 6.34. The molecule has 0 fully saturated rings. The van der Waals surface area contributed by atoms with Crippen molar-refractivity contribution in [3.05, 3.63) is 62.0 Å². The van der Waals surface area contributed by atoms with Crippen molar-refractivity contribution in [1.29, 1.82) is 0 Å².